The van der Waals surface area contributed by atoms with Gasteiger partial charge in [-0.3, -0.25) is 14.5 Å². The summed E-state index contributed by atoms with van der Waals surface area (Å²) in [5, 5.41) is 9.25. The van der Waals surface area contributed by atoms with Crippen LogP contribution < -0.4 is 5.73 Å². The van der Waals surface area contributed by atoms with Gasteiger partial charge >= 0.3 is 0 Å². The predicted molar refractivity (Wildman–Crippen MR) is 120 cm³/mol. The van der Waals surface area contributed by atoms with Gasteiger partial charge in [-0.2, -0.15) is 9.57 Å². The number of carbonyl (C=O) groups is 2. The summed E-state index contributed by atoms with van der Waals surface area (Å²) in [6.07, 6.45) is 0.461. The fraction of sp³-hybridized carbons (Fsp3) is 0.348. The number of rotatable bonds is 5. The standard InChI is InChI=1S/C23H25N5O4S/c24-14-18-6-3-4-8-21(18)33(31,32)28-11-9-26(10-12-28)22(29)16-27-15-19-7-2-1-5-17(19)13-20(27)23(25)30/h1-8,20H,9-13,15-16H2,(H2,25,30)/t20-/m0/s1. The lowest BCUT2D eigenvalue weighted by atomic mass is 9.93. The number of carbonyl (C=O) groups excluding carboxylic acids is 2. The van der Waals surface area contributed by atoms with Gasteiger partial charge < -0.3 is 10.6 Å². The van der Waals surface area contributed by atoms with Crippen LogP contribution in [0.25, 0.3) is 0 Å². The summed E-state index contributed by atoms with van der Waals surface area (Å²) in [5.74, 6) is -0.639. The fourth-order valence-electron chi connectivity index (χ4n) is 4.40. The Kier molecular flexibility index (Phi) is 6.47. The molecule has 2 heterocycles. The molecule has 9 nitrogen and oxygen atoms in total. The van der Waals surface area contributed by atoms with E-state index in [2.05, 4.69) is 0 Å². The number of amides is 2. The zero-order valence-electron chi connectivity index (χ0n) is 18.1. The maximum atomic E-state index is 13.0. The van der Waals surface area contributed by atoms with E-state index in [1.54, 1.807) is 21.9 Å². The van der Waals surface area contributed by atoms with Crippen molar-refractivity contribution >= 4 is 21.8 Å². The number of nitriles is 1. The lowest BCUT2D eigenvalue weighted by Crippen LogP contribution is -2.55. The molecule has 2 N–H and O–H groups in total. The third kappa shape index (κ3) is 4.61. The van der Waals surface area contributed by atoms with Crippen LogP contribution in [0, 0.1) is 11.3 Å². The summed E-state index contributed by atoms with van der Waals surface area (Å²) in [6.45, 7) is 1.23. The first-order chi connectivity index (χ1) is 15.8. The monoisotopic (exact) mass is 467 g/mol. The van der Waals surface area contributed by atoms with Crippen molar-refractivity contribution < 1.29 is 18.0 Å². The van der Waals surface area contributed by atoms with Crippen molar-refractivity contribution in [3.05, 3.63) is 65.2 Å². The second-order valence-electron chi connectivity index (χ2n) is 8.19. The Hall–Kier alpha value is -3.26. The zero-order valence-corrected chi connectivity index (χ0v) is 18.9. The predicted octanol–water partition coefficient (Wildman–Crippen LogP) is 0.303. The van der Waals surface area contributed by atoms with E-state index in [0.717, 1.165) is 11.1 Å². The van der Waals surface area contributed by atoms with Crippen molar-refractivity contribution in [1.29, 1.82) is 5.26 Å². The van der Waals surface area contributed by atoms with Crippen LogP contribution in [0.5, 0.6) is 0 Å². The van der Waals surface area contributed by atoms with E-state index >= 15 is 0 Å². The average Bonchev–Trinajstić information content (AvgIpc) is 2.83. The zero-order chi connectivity index (χ0) is 23.6. The number of sulfonamides is 1. The minimum Gasteiger partial charge on any atom is -0.368 e. The van der Waals surface area contributed by atoms with Crippen LogP contribution in [0.1, 0.15) is 16.7 Å². The van der Waals surface area contributed by atoms with Gasteiger partial charge in [0.1, 0.15) is 6.07 Å². The molecule has 10 heteroatoms. The Labute approximate surface area is 193 Å². The van der Waals surface area contributed by atoms with Crippen LogP contribution in [-0.4, -0.2) is 73.1 Å². The Morgan fingerprint density at radius 2 is 1.64 bits per heavy atom. The van der Waals surface area contributed by atoms with E-state index in [4.69, 9.17) is 5.73 Å². The van der Waals surface area contributed by atoms with Gasteiger partial charge in [-0.1, -0.05) is 36.4 Å². The summed E-state index contributed by atoms with van der Waals surface area (Å²) in [5.41, 5.74) is 7.83. The van der Waals surface area contributed by atoms with Gasteiger partial charge in [0.15, 0.2) is 0 Å². The van der Waals surface area contributed by atoms with E-state index in [9.17, 15) is 23.3 Å². The number of nitrogens with two attached hydrogens (primary N) is 1. The number of benzene rings is 2. The molecule has 2 aromatic rings. The molecule has 172 valence electrons. The molecule has 0 spiro atoms. The molecular weight excluding hydrogens is 442 g/mol. The van der Waals surface area contributed by atoms with Gasteiger partial charge in [0, 0.05) is 32.7 Å². The van der Waals surface area contributed by atoms with Crippen LogP contribution >= 0.6 is 0 Å². The SMILES string of the molecule is N#Cc1ccccc1S(=O)(=O)N1CCN(C(=O)CN2Cc3ccccc3C[C@H]2C(N)=O)CC1. The van der Waals surface area contributed by atoms with Gasteiger partial charge in [0.05, 0.1) is 23.0 Å². The van der Waals surface area contributed by atoms with Crippen LogP contribution in [0.3, 0.4) is 0 Å². The average molecular weight is 468 g/mol. The molecule has 0 aromatic heterocycles. The molecule has 0 saturated carbocycles. The maximum absolute atomic E-state index is 13.0. The van der Waals surface area contributed by atoms with E-state index in [1.807, 2.05) is 30.3 Å². The van der Waals surface area contributed by atoms with Gasteiger partial charge in [0.25, 0.3) is 0 Å². The molecular formula is C23H25N5O4S. The number of primary amides is 1. The van der Waals surface area contributed by atoms with E-state index in [1.165, 1.54) is 16.4 Å². The molecule has 0 radical (unpaired) electrons. The third-order valence-corrected chi connectivity index (χ3v) is 8.19. The lowest BCUT2D eigenvalue weighted by molar-refractivity contribution is -0.136. The summed E-state index contributed by atoms with van der Waals surface area (Å²) in [7, 11) is -3.83. The Balaban J connectivity index is 1.41. The minimum absolute atomic E-state index is 0.0245. The highest BCUT2D eigenvalue weighted by Gasteiger charge is 2.35. The normalized spacial score (nSPS) is 19.5. The molecule has 1 saturated heterocycles. The van der Waals surface area contributed by atoms with Gasteiger partial charge in [0.2, 0.25) is 21.8 Å². The summed E-state index contributed by atoms with van der Waals surface area (Å²) in [6, 6.07) is 15.2. The Morgan fingerprint density at radius 1 is 1.00 bits per heavy atom. The summed E-state index contributed by atoms with van der Waals surface area (Å²) in [4.78, 5) is 28.4. The second kappa shape index (κ2) is 9.31. The lowest BCUT2D eigenvalue weighted by Gasteiger charge is -2.38. The molecule has 2 aliphatic rings. The minimum atomic E-state index is -3.83. The van der Waals surface area contributed by atoms with Crippen LogP contribution in [0.15, 0.2) is 53.4 Å². The van der Waals surface area contributed by atoms with Gasteiger partial charge in [-0.15, -0.1) is 0 Å². The number of hydrogen-bond donors (Lipinski definition) is 1. The molecule has 33 heavy (non-hydrogen) atoms. The molecule has 0 aliphatic carbocycles. The maximum Gasteiger partial charge on any atom is 0.244 e. The molecule has 2 aromatic carbocycles. The number of nitrogens with zero attached hydrogens (tertiary/aromatic N) is 4. The van der Waals surface area contributed by atoms with Crippen molar-refractivity contribution in [3.8, 4) is 6.07 Å². The molecule has 2 amide bonds. The van der Waals surface area contributed by atoms with Crippen molar-refractivity contribution in [3.63, 3.8) is 0 Å². The summed E-state index contributed by atoms with van der Waals surface area (Å²) >= 11 is 0. The number of piperazine rings is 1. The third-order valence-electron chi connectivity index (χ3n) is 6.23. The number of fused-ring (bicyclic) bond motifs is 1. The van der Waals surface area contributed by atoms with Crippen LogP contribution in [-0.2, 0) is 32.6 Å². The highest BCUT2D eigenvalue weighted by molar-refractivity contribution is 7.89. The Morgan fingerprint density at radius 3 is 2.30 bits per heavy atom. The van der Waals surface area contributed by atoms with E-state index in [-0.39, 0.29) is 49.1 Å². The van der Waals surface area contributed by atoms with Gasteiger partial charge in [-0.25, -0.2) is 8.42 Å². The first kappa shape index (κ1) is 22.9. The van der Waals surface area contributed by atoms with Crippen LogP contribution in [0.2, 0.25) is 0 Å². The van der Waals surface area contributed by atoms with Gasteiger partial charge in [-0.05, 0) is 29.7 Å². The topological polar surface area (TPSA) is 128 Å². The smallest absolute Gasteiger partial charge is 0.244 e. The molecule has 2 aliphatic heterocycles. The Bertz CT molecular complexity index is 1220. The highest BCUT2D eigenvalue weighted by Crippen LogP contribution is 2.24. The second-order valence-corrected chi connectivity index (χ2v) is 10.1. The summed E-state index contributed by atoms with van der Waals surface area (Å²) < 4.78 is 27.3. The van der Waals surface area contributed by atoms with Crippen molar-refractivity contribution in [2.24, 2.45) is 5.73 Å². The number of hydrogen-bond acceptors (Lipinski definition) is 6. The van der Waals surface area contributed by atoms with Crippen molar-refractivity contribution in [2.45, 2.75) is 23.9 Å². The molecule has 0 bridgehead atoms. The highest BCUT2D eigenvalue weighted by atomic mass is 32.2. The largest absolute Gasteiger partial charge is 0.368 e. The van der Waals surface area contributed by atoms with Crippen LogP contribution in [0.4, 0.5) is 0 Å². The van der Waals surface area contributed by atoms with Crippen molar-refractivity contribution in [2.75, 3.05) is 32.7 Å². The first-order valence-corrected chi connectivity index (χ1v) is 12.1. The first-order valence-electron chi connectivity index (χ1n) is 10.7. The van der Waals surface area contributed by atoms with E-state index < -0.39 is 22.0 Å². The quantitative estimate of drug-likeness (QED) is 0.674. The van der Waals surface area contributed by atoms with E-state index in [0.29, 0.717) is 13.0 Å². The molecule has 4 rings (SSSR count). The fourth-order valence-corrected chi connectivity index (χ4v) is 5.96. The molecule has 1 fully saturated rings. The molecule has 1 atom stereocenters. The van der Waals surface area contributed by atoms with Crippen molar-refractivity contribution in [1.82, 2.24) is 14.1 Å². The molecule has 0 unspecified atom stereocenters.